The van der Waals surface area contributed by atoms with E-state index in [1.54, 1.807) is 11.3 Å². The molecule has 0 unspecified atom stereocenters. The van der Waals surface area contributed by atoms with E-state index in [1.807, 2.05) is 6.07 Å². The summed E-state index contributed by atoms with van der Waals surface area (Å²) in [6.45, 7) is 2.07. The third kappa shape index (κ3) is 2.58. The van der Waals surface area contributed by atoms with E-state index in [4.69, 9.17) is 10.3 Å². The lowest BCUT2D eigenvalue weighted by Crippen LogP contribution is -2.37. The summed E-state index contributed by atoms with van der Waals surface area (Å²) < 4.78 is 5.39. The Bertz CT molecular complexity index is 553. The van der Waals surface area contributed by atoms with Crippen molar-refractivity contribution in [3.05, 3.63) is 22.8 Å². The van der Waals surface area contributed by atoms with E-state index in [9.17, 15) is 0 Å². The average molecular weight is 277 g/mol. The molecule has 2 aromatic heterocycles. The van der Waals surface area contributed by atoms with Crippen LogP contribution in [0.15, 0.2) is 16.7 Å². The lowest BCUT2D eigenvalue weighted by molar-refractivity contribution is 0.334. The fraction of sp³-hybridized carbons (Fsp3) is 0.571. The monoisotopic (exact) mass is 277 g/mol. The molecule has 0 aromatic carbocycles. The second-order valence-corrected chi connectivity index (χ2v) is 6.69. The number of nitrogens with two attached hydrogens (primary N) is 1. The Morgan fingerprint density at radius 3 is 2.58 bits per heavy atom. The molecule has 1 saturated carbocycles. The molecule has 0 saturated heterocycles. The van der Waals surface area contributed by atoms with Crippen LogP contribution in [-0.2, 0) is 5.54 Å². The van der Waals surface area contributed by atoms with Gasteiger partial charge in [0.25, 0.3) is 5.89 Å². The van der Waals surface area contributed by atoms with Crippen LogP contribution >= 0.6 is 11.3 Å². The summed E-state index contributed by atoms with van der Waals surface area (Å²) in [6, 6.07) is 4.08. The van der Waals surface area contributed by atoms with E-state index in [-0.39, 0.29) is 0 Å². The topological polar surface area (TPSA) is 64.9 Å². The minimum atomic E-state index is -0.398. The molecule has 0 atom stereocenters. The van der Waals surface area contributed by atoms with E-state index in [0.717, 1.165) is 30.6 Å². The van der Waals surface area contributed by atoms with Crippen molar-refractivity contribution < 1.29 is 4.52 Å². The summed E-state index contributed by atoms with van der Waals surface area (Å²) in [5.41, 5.74) is 6.10. The summed E-state index contributed by atoms with van der Waals surface area (Å²) in [7, 11) is 0. The molecule has 2 heterocycles. The first kappa shape index (κ1) is 12.8. The van der Waals surface area contributed by atoms with Crippen molar-refractivity contribution in [2.24, 2.45) is 5.73 Å². The molecule has 4 nitrogen and oxygen atoms in total. The molecule has 0 amide bonds. The van der Waals surface area contributed by atoms with Gasteiger partial charge in [0.2, 0.25) is 0 Å². The standard InChI is InChI=1S/C14H19N3OS/c1-10-6-7-11(19-10)12-16-13(17-18-12)14(15)8-4-2-3-5-9-14/h6-7H,2-5,8-9,15H2,1H3. The number of thiophene rings is 1. The first-order valence-corrected chi connectivity index (χ1v) is 7.69. The molecule has 2 aromatic rings. The van der Waals surface area contributed by atoms with Crippen LogP contribution in [0.3, 0.4) is 0 Å². The second kappa shape index (κ2) is 5.06. The zero-order valence-corrected chi connectivity index (χ0v) is 12.0. The third-order valence-electron chi connectivity index (χ3n) is 3.82. The van der Waals surface area contributed by atoms with Crippen molar-refractivity contribution in [3.63, 3.8) is 0 Å². The Morgan fingerprint density at radius 1 is 1.21 bits per heavy atom. The van der Waals surface area contributed by atoms with Crippen LogP contribution in [-0.4, -0.2) is 10.1 Å². The van der Waals surface area contributed by atoms with Gasteiger partial charge in [0.15, 0.2) is 5.82 Å². The molecule has 1 aliphatic carbocycles. The van der Waals surface area contributed by atoms with Crippen LogP contribution in [0.2, 0.25) is 0 Å². The lowest BCUT2D eigenvalue weighted by atomic mass is 9.91. The quantitative estimate of drug-likeness (QED) is 0.851. The molecule has 2 N–H and O–H groups in total. The van der Waals surface area contributed by atoms with Gasteiger partial charge in [0.1, 0.15) is 0 Å². The van der Waals surface area contributed by atoms with E-state index in [0.29, 0.717) is 11.7 Å². The van der Waals surface area contributed by atoms with Gasteiger partial charge in [-0.3, -0.25) is 0 Å². The zero-order valence-electron chi connectivity index (χ0n) is 11.2. The molecule has 0 spiro atoms. The van der Waals surface area contributed by atoms with Crippen LogP contribution in [0, 0.1) is 6.92 Å². The van der Waals surface area contributed by atoms with E-state index in [2.05, 4.69) is 23.1 Å². The fourth-order valence-corrected chi connectivity index (χ4v) is 3.45. The summed E-state index contributed by atoms with van der Waals surface area (Å²) >= 11 is 1.67. The van der Waals surface area contributed by atoms with Crippen LogP contribution in [0.25, 0.3) is 10.8 Å². The maximum absolute atomic E-state index is 6.50. The first-order valence-electron chi connectivity index (χ1n) is 6.87. The van der Waals surface area contributed by atoms with Crippen molar-refractivity contribution in [2.45, 2.75) is 51.0 Å². The highest BCUT2D eigenvalue weighted by molar-refractivity contribution is 7.15. The minimum Gasteiger partial charge on any atom is -0.333 e. The maximum atomic E-state index is 6.50. The molecule has 0 radical (unpaired) electrons. The van der Waals surface area contributed by atoms with Gasteiger partial charge in [-0.1, -0.05) is 30.8 Å². The van der Waals surface area contributed by atoms with Gasteiger partial charge in [-0.25, -0.2) is 0 Å². The number of nitrogens with zero attached hydrogens (tertiary/aromatic N) is 2. The first-order chi connectivity index (χ1) is 9.17. The number of hydrogen-bond donors (Lipinski definition) is 1. The Balaban J connectivity index is 1.87. The largest absolute Gasteiger partial charge is 0.333 e. The Kier molecular flexibility index (Phi) is 3.41. The SMILES string of the molecule is Cc1ccc(-c2nc(C3(N)CCCCCC3)no2)s1. The highest BCUT2D eigenvalue weighted by Gasteiger charge is 2.33. The molecule has 1 fully saturated rings. The average Bonchev–Trinajstić information content (AvgIpc) is 2.97. The molecule has 3 rings (SSSR count). The van der Waals surface area contributed by atoms with Gasteiger partial charge < -0.3 is 10.3 Å². The molecule has 5 heteroatoms. The van der Waals surface area contributed by atoms with Crippen LogP contribution < -0.4 is 5.73 Å². The van der Waals surface area contributed by atoms with Gasteiger partial charge in [-0.05, 0) is 31.9 Å². The Labute approximate surface area is 117 Å². The summed E-state index contributed by atoms with van der Waals surface area (Å²) in [6.07, 6.45) is 6.73. The lowest BCUT2D eigenvalue weighted by Gasteiger charge is -2.23. The van der Waals surface area contributed by atoms with Gasteiger partial charge in [-0.15, -0.1) is 11.3 Å². The molecule has 0 bridgehead atoms. The van der Waals surface area contributed by atoms with Crippen molar-refractivity contribution in [2.75, 3.05) is 0 Å². The van der Waals surface area contributed by atoms with Crippen LogP contribution in [0.4, 0.5) is 0 Å². The Morgan fingerprint density at radius 2 is 1.95 bits per heavy atom. The molecular weight excluding hydrogens is 258 g/mol. The predicted molar refractivity (Wildman–Crippen MR) is 75.9 cm³/mol. The van der Waals surface area contributed by atoms with Gasteiger partial charge in [0.05, 0.1) is 10.4 Å². The highest BCUT2D eigenvalue weighted by Crippen LogP contribution is 2.34. The summed E-state index contributed by atoms with van der Waals surface area (Å²) in [5.74, 6) is 1.28. The fourth-order valence-electron chi connectivity index (χ4n) is 2.66. The smallest absolute Gasteiger partial charge is 0.268 e. The van der Waals surface area contributed by atoms with Gasteiger partial charge >= 0.3 is 0 Å². The third-order valence-corrected chi connectivity index (χ3v) is 4.81. The molecule has 102 valence electrons. The summed E-state index contributed by atoms with van der Waals surface area (Å²) in [5, 5.41) is 4.13. The number of aryl methyl sites for hydroxylation is 1. The van der Waals surface area contributed by atoms with Crippen molar-refractivity contribution in [1.82, 2.24) is 10.1 Å². The van der Waals surface area contributed by atoms with Crippen molar-refractivity contribution >= 4 is 11.3 Å². The van der Waals surface area contributed by atoms with Crippen molar-refractivity contribution in [3.8, 4) is 10.8 Å². The minimum absolute atomic E-state index is 0.398. The predicted octanol–water partition coefficient (Wildman–Crippen LogP) is 3.61. The number of rotatable bonds is 2. The maximum Gasteiger partial charge on any atom is 0.268 e. The van der Waals surface area contributed by atoms with Gasteiger partial charge in [0, 0.05) is 4.88 Å². The molecule has 0 aliphatic heterocycles. The number of hydrogen-bond acceptors (Lipinski definition) is 5. The van der Waals surface area contributed by atoms with Gasteiger partial charge in [-0.2, -0.15) is 4.98 Å². The van der Waals surface area contributed by atoms with Crippen LogP contribution in [0.5, 0.6) is 0 Å². The Hall–Kier alpha value is -1.20. The van der Waals surface area contributed by atoms with Crippen LogP contribution in [0.1, 0.15) is 49.2 Å². The molecular formula is C14H19N3OS. The molecule has 19 heavy (non-hydrogen) atoms. The highest BCUT2D eigenvalue weighted by atomic mass is 32.1. The normalized spacial score (nSPS) is 19.3. The zero-order chi connectivity index (χ0) is 13.3. The number of aromatic nitrogens is 2. The second-order valence-electron chi connectivity index (χ2n) is 5.40. The van der Waals surface area contributed by atoms with E-state index < -0.39 is 5.54 Å². The summed E-state index contributed by atoms with van der Waals surface area (Å²) in [4.78, 5) is 6.80. The van der Waals surface area contributed by atoms with Crippen molar-refractivity contribution in [1.29, 1.82) is 0 Å². The van der Waals surface area contributed by atoms with E-state index >= 15 is 0 Å². The van der Waals surface area contributed by atoms with E-state index in [1.165, 1.54) is 17.7 Å². The molecule has 1 aliphatic rings.